The van der Waals surface area contributed by atoms with Gasteiger partial charge in [0, 0.05) is 24.6 Å². The molecule has 0 radical (unpaired) electrons. The molecule has 2 amide bonds. The number of amides is 2. The van der Waals surface area contributed by atoms with E-state index in [0.29, 0.717) is 22.2 Å². The number of carbonyl (C=O) groups is 3. The van der Waals surface area contributed by atoms with Crippen LogP contribution in [0.5, 0.6) is 0 Å². The molecule has 158 valence electrons. The van der Waals surface area contributed by atoms with Crippen molar-refractivity contribution in [3.63, 3.8) is 0 Å². The maximum absolute atomic E-state index is 12.6. The van der Waals surface area contributed by atoms with Gasteiger partial charge < -0.3 is 14.9 Å². The van der Waals surface area contributed by atoms with Gasteiger partial charge >= 0.3 is 5.97 Å². The summed E-state index contributed by atoms with van der Waals surface area (Å²) in [5.74, 6) is -1.13. The first-order valence-corrected chi connectivity index (χ1v) is 10.9. The minimum atomic E-state index is -1.19. The average molecular weight is 472 g/mol. The molecule has 2 aromatic heterocycles. The molecule has 2 aliphatic heterocycles. The van der Waals surface area contributed by atoms with Crippen LogP contribution in [0, 0.1) is 0 Å². The first-order chi connectivity index (χ1) is 14.3. The molecule has 2 atom stereocenters. The van der Waals surface area contributed by atoms with Crippen molar-refractivity contribution in [1.82, 2.24) is 35.6 Å². The number of thioether (sulfide) groups is 2. The lowest BCUT2D eigenvalue weighted by Crippen LogP contribution is -2.70. The molecule has 0 aliphatic carbocycles. The number of nitrogens with zero attached hydrogens (tertiary/aromatic N) is 6. The van der Waals surface area contributed by atoms with Crippen LogP contribution in [0.4, 0.5) is 0 Å². The van der Waals surface area contributed by atoms with Crippen molar-refractivity contribution >= 4 is 52.9 Å². The van der Waals surface area contributed by atoms with Gasteiger partial charge in [0.1, 0.15) is 22.9 Å². The third-order valence-corrected chi connectivity index (χ3v) is 7.00. The highest BCUT2D eigenvalue weighted by atomic mass is 35.5. The summed E-state index contributed by atoms with van der Waals surface area (Å²) >= 11 is 8.32. The molecular formula is C15H14ClN7O5S2. The summed E-state index contributed by atoms with van der Waals surface area (Å²) in [6.45, 7) is 0. The second kappa shape index (κ2) is 8.28. The van der Waals surface area contributed by atoms with Crippen LogP contribution >= 0.6 is 35.1 Å². The Morgan fingerprint density at radius 1 is 1.50 bits per heavy atom. The number of hydrogen-bond acceptors (Lipinski definition) is 10. The molecule has 30 heavy (non-hydrogen) atoms. The average Bonchev–Trinajstić information content (AvgIpc) is 3.31. The molecule has 2 N–H and O–H groups in total. The summed E-state index contributed by atoms with van der Waals surface area (Å²) < 4.78 is 6.36. The first-order valence-electron chi connectivity index (χ1n) is 8.50. The largest absolute Gasteiger partial charge is 0.477 e. The van der Waals surface area contributed by atoms with Gasteiger partial charge in [0.05, 0.1) is 6.42 Å². The lowest BCUT2D eigenvalue weighted by atomic mass is 10.0. The molecule has 1 saturated heterocycles. The minimum Gasteiger partial charge on any atom is -0.477 e. The number of carboxylic acids is 1. The van der Waals surface area contributed by atoms with Crippen molar-refractivity contribution in [3.8, 4) is 0 Å². The van der Waals surface area contributed by atoms with E-state index in [9.17, 15) is 19.5 Å². The topological polar surface area (TPSA) is 156 Å². The van der Waals surface area contributed by atoms with E-state index in [1.165, 1.54) is 39.2 Å². The number of rotatable bonds is 7. The summed E-state index contributed by atoms with van der Waals surface area (Å²) in [4.78, 5) is 37.9. The monoisotopic (exact) mass is 471 g/mol. The van der Waals surface area contributed by atoms with Crippen LogP contribution in [-0.2, 0) is 27.9 Å². The fourth-order valence-electron chi connectivity index (χ4n) is 3.04. The predicted octanol–water partition coefficient (Wildman–Crippen LogP) is -0.0751. The summed E-state index contributed by atoms with van der Waals surface area (Å²) in [7, 11) is 1.68. The van der Waals surface area contributed by atoms with Crippen LogP contribution in [0.3, 0.4) is 0 Å². The highest BCUT2D eigenvalue weighted by Crippen LogP contribution is 2.41. The molecule has 0 bridgehead atoms. The van der Waals surface area contributed by atoms with E-state index in [2.05, 4.69) is 26.0 Å². The molecule has 0 saturated carbocycles. The summed E-state index contributed by atoms with van der Waals surface area (Å²) in [5, 5.41) is 27.1. The van der Waals surface area contributed by atoms with E-state index >= 15 is 0 Å². The molecule has 4 rings (SSSR count). The van der Waals surface area contributed by atoms with Gasteiger partial charge in [0.25, 0.3) is 5.91 Å². The SMILES string of the molecule is Cn1nnnc1SCC1=C(C(=O)O)N2C(=O)[C@@H](NC(=O)Cc3cc(Cl)no3)[C@H]2SC1. The van der Waals surface area contributed by atoms with Crippen molar-refractivity contribution in [2.75, 3.05) is 11.5 Å². The van der Waals surface area contributed by atoms with Crippen molar-refractivity contribution in [1.29, 1.82) is 0 Å². The van der Waals surface area contributed by atoms with Crippen LogP contribution < -0.4 is 5.32 Å². The van der Waals surface area contributed by atoms with E-state index in [-0.39, 0.29) is 23.0 Å². The summed E-state index contributed by atoms with van der Waals surface area (Å²) in [6.07, 6.45) is -0.129. The third-order valence-electron chi connectivity index (χ3n) is 4.39. The Hall–Kier alpha value is -2.58. The molecule has 0 aromatic carbocycles. The number of aliphatic carboxylic acids is 1. The van der Waals surface area contributed by atoms with E-state index in [4.69, 9.17) is 16.1 Å². The minimum absolute atomic E-state index is 0.0566. The normalized spacial score (nSPS) is 20.7. The second-order valence-corrected chi connectivity index (χ2v) is 8.81. The summed E-state index contributed by atoms with van der Waals surface area (Å²) in [5.41, 5.74) is 0.532. The van der Waals surface area contributed by atoms with Gasteiger partial charge in [-0.2, -0.15) is 0 Å². The molecule has 15 heteroatoms. The van der Waals surface area contributed by atoms with E-state index in [1.54, 1.807) is 7.05 Å². The third kappa shape index (κ3) is 3.89. The van der Waals surface area contributed by atoms with E-state index in [1.807, 2.05) is 0 Å². The summed E-state index contributed by atoms with van der Waals surface area (Å²) in [6, 6.07) is 0.597. The lowest BCUT2D eigenvalue weighted by molar-refractivity contribution is -0.150. The lowest BCUT2D eigenvalue weighted by Gasteiger charge is -2.49. The Kier molecular flexibility index (Phi) is 5.71. The maximum Gasteiger partial charge on any atom is 0.352 e. The molecule has 1 fully saturated rings. The highest BCUT2D eigenvalue weighted by molar-refractivity contribution is 8.01. The van der Waals surface area contributed by atoms with Gasteiger partial charge in [-0.05, 0) is 16.0 Å². The van der Waals surface area contributed by atoms with E-state index in [0.717, 1.165) is 0 Å². The quantitative estimate of drug-likeness (QED) is 0.411. The van der Waals surface area contributed by atoms with Crippen molar-refractivity contribution in [2.45, 2.75) is 23.0 Å². The Bertz CT molecular complexity index is 1050. The number of carbonyl (C=O) groups excluding carboxylic acids is 2. The maximum atomic E-state index is 12.6. The number of aromatic nitrogens is 5. The van der Waals surface area contributed by atoms with Gasteiger partial charge in [-0.15, -0.1) is 16.9 Å². The fourth-order valence-corrected chi connectivity index (χ4v) is 5.53. The smallest absolute Gasteiger partial charge is 0.352 e. The van der Waals surface area contributed by atoms with Crippen LogP contribution in [-0.4, -0.2) is 76.1 Å². The molecule has 4 heterocycles. The number of fused-ring (bicyclic) bond motifs is 1. The predicted molar refractivity (Wildman–Crippen MR) is 104 cm³/mol. The zero-order chi connectivity index (χ0) is 21.4. The number of β-lactam (4-membered cyclic amide) rings is 1. The Morgan fingerprint density at radius 3 is 2.93 bits per heavy atom. The van der Waals surface area contributed by atoms with Crippen LogP contribution in [0.1, 0.15) is 5.76 Å². The van der Waals surface area contributed by atoms with Gasteiger partial charge in [-0.1, -0.05) is 28.5 Å². The van der Waals surface area contributed by atoms with Crippen molar-refractivity contribution in [2.24, 2.45) is 7.05 Å². The highest BCUT2D eigenvalue weighted by Gasteiger charge is 2.54. The Morgan fingerprint density at radius 2 is 2.30 bits per heavy atom. The number of nitrogens with one attached hydrogen (secondary N) is 1. The Labute approximate surface area is 182 Å². The van der Waals surface area contributed by atoms with Gasteiger partial charge in [-0.25, -0.2) is 9.48 Å². The zero-order valence-electron chi connectivity index (χ0n) is 15.3. The second-order valence-electron chi connectivity index (χ2n) is 6.38. The molecule has 12 nitrogen and oxygen atoms in total. The standard InChI is InChI=1S/C15H14ClN7O5S2/c1-22-15(18-20-21-22)30-5-6-4-29-13-10(12(25)23(13)11(6)14(26)27)17-9(24)3-7-2-8(16)19-28-7/h2,10,13H,3-5H2,1H3,(H,17,24)(H,26,27)/t10-,13-/m1/s1. The number of hydrogen-bond donors (Lipinski definition) is 2. The van der Waals surface area contributed by atoms with Crippen molar-refractivity contribution in [3.05, 3.63) is 28.2 Å². The number of tetrazole rings is 1. The molecule has 0 spiro atoms. The zero-order valence-corrected chi connectivity index (χ0v) is 17.7. The van der Waals surface area contributed by atoms with Crippen LogP contribution in [0.2, 0.25) is 5.15 Å². The molecule has 2 aromatic rings. The van der Waals surface area contributed by atoms with E-state index < -0.39 is 29.2 Å². The van der Waals surface area contributed by atoms with Crippen LogP contribution in [0.15, 0.2) is 27.0 Å². The number of aryl methyl sites for hydroxylation is 1. The number of halogens is 1. The Balaban J connectivity index is 1.44. The van der Waals surface area contributed by atoms with Crippen LogP contribution in [0.25, 0.3) is 0 Å². The number of carboxylic acid groups (broad SMARTS) is 1. The van der Waals surface area contributed by atoms with Gasteiger partial charge in [0.2, 0.25) is 11.1 Å². The first kappa shape index (κ1) is 20.7. The molecule has 0 unspecified atom stereocenters. The van der Waals surface area contributed by atoms with Gasteiger partial charge in [0.15, 0.2) is 5.15 Å². The van der Waals surface area contributed by atoms with Crippen molar-refractivity contribution < 1.29 is 24.0 Å². The molecular weight excluding hydrogens is 458 g/mol. The molecule has 2 aliphatic rings. The fraction of sp³-hybridized carbons (Fsp3) is 0.400. The van der Waals surface area contributed by atoms with Gasteiger partial charge in [-0.3, -0.25) is 14.5 Å².